The van der Waals surface area contributed by atoms with Gasteiger partial charge in [-0.1, -0.05) is 33.6 Å². The summed E-state index contributed by atoms with van der Waals surface area (Å²) < 4.78 is 5.79. The fraction of sp³-hybridized carbons (Fsp3) is 1.00. The highest BCUT2D eigenvalue weighted by molar-refractivity contribution is 4.90. The molecule has 0 saturated heterocycles. The van der Waals surface area contributed by atoms with Crippen LogP contribution in [0.25, 0.3) is 0 Å². The van der Waals surface area contributed by atoms with Crippen LogP contribution in [-0.2, 0) is 4.74 Å². The van der Waals surface area contributed by atoms with Crippen molar-refractivity contribution in [2.75, 3.05) is 7.11 Å². The molecule has 1 saturated carbocycles. The maximum atomic E-state index is 5.79. The van der Waals surface area contributed by atoms with E-state index in [4.69, 9.17) is 4.74 Å². The minimum absolute atomic E-state index is 0.208. The second kappa shape index (κ2) is 5.16. The highest BCUT2D eigenvalue weighted by Gasteiger charge is 2.38. The van der Waals surface area contributed by atoms with Crippen LogP contribution in [0.2, 0.25) is 0 Å². The average molecular weight is 198 g/mol. The first kappa shape index (κ1) is 12.0. The van der Waals surface area contributed by atoms with Crippen LogP contribution in [0.5, 0.6) is 0 Å². The van der Waals surface area contributed by atoms with E-state index in [1.807, 2.05) is 7.11 Å². The molecule has 0 spiro atoms. The van der Waals surface area contributed by atoms with E-state index in [0.717, 1.165) is 11.8 Å². The number of ether oxygens (including phenoxy) is 1. The molecule has 1 aliphatic carbocycles. The maximum Gasteiger partial charge on any atom is 0.0681 e. The lowest BCUT2D eigenvalue weighted by atomic mass is 9.69. The van der Waals surface area contributed by atoms with Gasteiger partial charge in [-0.05, 0) is 37.5 Å². The molecule has 2 atom stereocenters. The van der Waals surface area contributed by atoms with Crippen LogP contribution in [0.3, 0.4) is 0 Å². The van der Waals surface area contributed by atoms with Crippen molar-refractivity contribution in [3.05, 3.63) is 0 Å². The fourth-order valence-corrected chi connectivity index (χ4v) is 3.00. The fourth-order valence-electron chi connectivity index (χ4n) is 3.00. The molecule has 0 radical (unpaired) electrons. The monoisotopic (exact) mass is 198 g/mol. The van der Waals surface area contributed by atoms with E-state index in [-0.39, 0.29) is 5.60 Å². The van der Waals surface area contributed by atoms with Crippen molar-refractivity contribution in [2.24, 2.45) is 11.8 Å². The highest BCUT2D eigenvalue weighted by atomic mass is 16.5. The number of hydrogen-bond donors (Lipinski definition) is 0. The largest absolute Gasteiger partial charge is 0.378 e. The van der Waals surface area contributed by atoms with E-state index < -0.39 is 0 Å². The Hall–Kier alpha value is -0.0400. The molecule has 0 aromatic carbocycles. The van der Waals surface area contributed by atoms with Crippen LogP contribution in [0.1, 0.15) is 59.3 Å². The highest BCUT2D eigenvalue weighted by Crippen LogP contribution is 2.42. The summed E-state index contributed by atoms with van der Waals surface area (Å²) >= 11 is 0. The molecule has 1 aliphatic rings. The van der Waals surface area contributed by atoms with Gasteiger partial charge in [0.25, 0.3) is 0 Å². The molecular weight excluding hydrogens is 172 g/mol. The van der Waals surface area contributed by atoms with Gasteiger partial charge >= 0.3 is 0 Å². The van der Waals surface area contributed by atoms with Gasteiger partial charge in [-0.15, -0.1) is 0 Å². The molecule has 0 aliphatic heterocycles. The Morgan fingerprint density at radius 1 is 1.07 bits per heavy atom. The Labute approximate surface area is 89.2 Å². The first-order chi connectivity index (χ1) is 6.69. The van der Waals surface area contributed by atoms with E-state index in [0.29, 0.717) is 0 Å². The van der Waals surface area contributed by atoms with E-state index in [1.165, 1.54) is 38.5 Å². The number of rotatable bonds is 4. The van der Waals surface area contributed by atoms with Gasteiger partial charge in [-0.3, -0.25) is 0 Å². The first-order valence-corrected chi connectivity index (χ1v) is 6.24. The first-order valence-electron chi connectivity index (χ1n) is 6.24. The smallest absolute Gasteiger partial charge is 0.0681 e. The van der Waals surface area contributed by atoms with Crippen molar-refractivity contribution in [3.8, 4) is 0 Å². The van der Waals surface area contributed by atoms with Crippen molar-refractivity contribution >= 4 is 0 Å². The summed E-state index contributed by atoms with van der Waals surface area (Å²) in [5, 5.41) is 0. The van der Waals surface area contributed by atoms with Gasteiger partial charge in [0.1, 0.15) is 0 Å². The summed E-state index contributed by atoms with van der Waals surface area (Å²) in [6.07, 6.45) is 7.82. The van der Waals surface area contributed by atoms with Gasteiger partial charge in [0, 0.05) is 7.11 Å². The molecule has 0 aromatic rings. The van der Waals surface area contributed by atoms with Crippen molar-refractivity contribution in [1.82, 2.24) is 0 Å². The van der Waals surface area contributed by atoms with Crippen molar-refractivity contribution in [2.45, 2.75) is 64.9 Å². The summed E-state index contributed by atoms with van der Waals surface area (Å²) in [7, 11) is 1.90. The van der Waals surface area contributed by atoms with Crippen LogP contribution in [0, 0.1) is 11.8 Å². The summed E-state index contributed by atoms with van der Waals surface area (Å²) in [6, 6.07) is 0. The SMILES string of the molecule is CCC1CC(CC)CC(CC)(OC)C1. The van der Waals surface area contributed by atoms with E-state index >= 15 is 0 Å². The Morgan fingerprint density at radius 3 is 1.86 bits per heavy atom. The van der Waals surface area contributed by atoms with Gasteiger partial charge in [-0.25, -0.2) is 0 Å². The van der Waals surface area contributed by atoms with Gasteiger partial charge in [0.15, 0.2) is 0 Å². The lowest BCUT2D eigenvalue weighted by Crippen LogP contribution is -2.40. The quantitative estimate of drug-likeness (QED) is 0.663. The Bertz CT molecular complexity index is 147. The third-order valence-electron chi connectivity index (χ3n) is 4.22. The van der Waals surface area contributed by atoms with Crippen LogP contribution in [0.4, 0.5) is 0 Å². The van der Waals surface area contributed by atoms with Crippen LogP contribution >= 0.6 is 0 Å². The lowest BCUT2D eigenvalue weighted by Gasteiger charge is -2.43. The molecule has 0 amide bonds. The van der Waals surface area contributed by atoms with Gasteiger partial charge in [0.2, 0.25) is 0 Å². The third kappa shape index (κ3) is 2.50. The molecule has 84 valence electrons. The molecule has 0 aromatic heterocycles. The Kier molecular flexibility index (Phi) is 4.43. The summed E-state index contributed by atoms with van der Waals surface area (Å²) in [6.45, 7) is 6.91. The molecule has 0 bridgehead atoms. The van der Waals surface area contributed by atoms with Crippen molar-refractivity contribution in [1.29, 1.82) is 0 Å². The zero-order chi connectivity index (χ0) is 10.6. The standard InChI is InChI=1S/C13H26O/c1-5-11-8-12(6-2)10-13(7-3,9-11)14-4/h11-12H,5-10H2,1-4H3. The zero-order valence-corrected chi connectivity index (χ0v) is 10.3. The topological polar surface area (TPSA) is 9.23 Å². The third-order valence-corrected chi connectivity index (χ3v) is 4.22. The Morgan fingerprint density at radius 2 is 1.57 bits per heavy atom. The Balaban J connectivity index is 2.67. The molecule has 0 heterocycles. The number of methoxy groups -OCH3 is 1. The summed E-state index contributed by atoms with van der Waals surface area (Å²) in [5.74, 6) is 1.79. The van der Waals surface area contributed by atoms with Crippen LogP contribution in [0.15, 0.2) is 0 Å². The van der Waals surface area contributed by atoms with E-state index in [9.17, 15) is 0 Å². The normalized spacial score (nSPS) is 38.6. The summed E-state index contributed by atoms with van der Waals surface area (Å²) in [5.41, 5.74) is 0.208. The molecular formula is C13H26O. The van der Waals surface area contributed by atoms with E-state index in [1.54, 1.807) is 0 Å². The van der Waals surface area contributed by atoms with Crippen molar-refractivity contribution in [3.63, 3.8) is 0 Å². The molecule has 1 heteroatoms. The van der Waals surface area contributed by atoms with Crippen LogP contribution in [-0.4, -0.2) is 12.7 Å². The zero-order valence-electron chi connectivity index (χ0n) is 10.3. The molecule has 0 N–H and O–H groups in total. The predicted molar refractivity (Wildman–Crippen MR) is 61.4 cm³/mol. The van der Waals surface area contributed by atoms with Gasteiger partial charge in [-0.2, -0.15) is 0 Å². The molecule has 2 unspecified atom stereocenters. The second-order valence-corrected chi connectivity index (χ2v) is 4.93. The lowest BCUT2D eigenvalue weighted by molar-refractivity contribution is -0.0750. The van der Waals surface area contributed by atoms with Crippen LogP contribution < -0.4 is 0 Å². The summed E-state index contributed by atoms with van der Waals surface area (Å²) in [4.78, 5) is 0. The average Bonchev–Trinajstić information content (AvgIpc) is 2.28. The second-order valence-electron chi connectivity index (χ2n) is 4.93. The van der Waals surface area contributed by atoms with Crippen molar-refractivity contribution < 1.29 is 4.74 Å². The molecule has 14 heavy (non-hydrogen) atoms. The minimum atomic E-state index is 0.208. The molecule has 1 fully saturated rings. The minimum Gasteiger partial charge on any atom is -0.378 e. The van der Waals surface area contributed by atoms with E-state index in [2.05, 4.69) is 20.8 Å². The molecule has 1 rings (SSSR count). The number of hydrogen-bond acceptors (Lipinski definition) is 1. The maximum absolute atomic E-state index is 5.79. The van der Waals surface area contributed by atoms with Gasteiger partial charge in [0.05, 0.1) is 5.60 Å². The predicted octanol–water partition coefficient (Wildman–Crippen LogP) is 4.02. The van der Waals surface area contributed by atoms with Gasteiger partial charge < -0.3 is 4.74 Å². The molecule has 1 nitrogen and oxygen atoms in total.